The van der Waals surface area contributed by atoms with Gasteiger partial charge in [0.25, 0.3) is 0 Å². The van der Waals surface area contributed by atoms with Crippen LogP contribution in [0.2, 0.25) is 0 Å². The number of fused-ring (bicyclic) bond motifs is 9. The maximum absolute atomic E-state index is 6.83. The third-order valence-electron chi connectivity index (χ3n) is 11.2. The summed E-state index contributed by atoms with van der Waals surface area (Å²) < 4.78 is 8.17. The zero-order valence-corrected chi connectivity index (χ0v) is 30.3. The van der Waals surface area contributed by atoms with Crippen molar-refractivity contribution in [2.24, 2.45) is 0 Å². The molecule has 53 heavy (non-hydrogen) atoms. The fourth-order valence-electron chi connectivity index (χ4n) is 8.91. The quantitative estimate of drug-likeness (QED) is 0.167. The van der Waals surface area contributed by atoms with E-state index in [-0.39, 0.29) is 0 Å². The van der Waals surface area contributed by atoms with Crippen LogP contribution < -0.4 is 0 Å². The Morgan fingerprint density at radius 3 is 1.74 bits per heavy atom. The Morgan fingerprint density at radius 1 is 0.434 bits per heavy atom. The summed E-state index contributed by atoms with van der Waals surface area (Å²) in [7, 11) is 0. The van der Waals surface area contributed by atoms with E-state index < -0.39 is 0 Å². The van der Waals surface area contributed by atoms with E-state index in [1.807, 2.05) is 11.3 Å². The van der Waals surface area contributed by atoms with Crippen molar-refractivity contribution in [1.82, 2.24) is 0 Å². The van der Waals surface area contributed by atoms with Gasteiger partial charge in [-0.25, -0.2) is 0 Å². The average molecular weight is 695 g/mol. The lowest BCUT2D eigenvalue weighted by atomic mass is 9.83. The van der Waals surface area contributed by atoms with Crippen LogP contribution in [-0.2, 0) is 0 Å². The number of rotatable bonds is 4. The van der Waals surface area contributed by atoms with Gasteiger partial charge < -0.3 is 4.42 Å². The first kappa shape index (κ1) is 30.4. The minimum absolute atomic E-state index is 0.407. The molecule has 1 nitrogen and oxygen atoms in total. The van der Waals surface area contributed by atoms with E-state index in [1.165, 1.54) is 91.3 Å². The third kappa shape index (κ3) is 4.49. The molecule has 11 aromatic rings. The summed E-state index contributed by atoms with van der Waals surface area (Å²) in [6.45, 7) is 4.65. The van der Waals surface area contributed by atoms with Crippen molar-refractivity contribution in [2.75, 3.05) is 0 Å². The van der Waals surface area contributed by atoms with Crippen LogP contribution in [0, 0.1) is 0 Å². The molecular formula is C51H34OS. The molecule has 0 saturated carbocycles. The first-order valence-electron chi connectivity index (χ1n) is 18.5. The summed E-state index contributed by atoms with van der Waals surface area (Å²) in [6.07, 6.45) is 0. The molecule has 0 amide bonds. The molecule has 9 aromatic carbocycles. The van der Waals surface area contributed by atoms with Crippen molar-refractivity contribution in [3.05, 3.63) is 169 Å². The number of benzene rings is 9. The second-order valence-electron chi connectivity index (χ2n) is 14.5. The predicted molar refractivity (Wildman–Crippen MR) is 230 cm³/mol. The first-order valence-corrected chi connectivity index (χ1v) is 19.3. The van der Waals surface area contributed by atoms with Gasteiger partial charge in [-0.2, -0.15) is 0 Å². The molecule has 0 unspecified atom stereocenters. The molecule has 0 aliphatic heterocycles. The van der Waals surface area contributed by atoms with Gasteiger partial charge in [0.2, 0.25) is 0 Å². The van der Waals surface area contributed by atoms with Gasteiger partial charge in [-0.3, -0.25) is 0 Å². The van der Waals surface area contributed by atoms with E-state index in [4.69, 9.17) is 4.42 Å². The van der Waals surface area contributed by atoms with Crippen LogP contribution in [0.25, 0.3) is 108 Å². The lowest BCUT2D eigenvalue weighted by Crippen LogP contribution is -1.93. The predicted octanol–water partition coefficient (Wildman–Crippen LogP) is 15.5. The molecule has 0 atom stereocenters. The van der Waals surface area contributed by atoms with Crippen LogP contribution in [0.3, 0.4) is 0 Å². The molecular weight excluding hydrogens is 661 g/mol. The Bertz CT molecular complexity index is 3210. The van der Waals surface area contributed by atoms with Crippen LogP contribution in [0.15, 0.2) is 168 Å². The van der Waals surface area contributed by atoms with Crippen molar-refractivity contribution < 1.29 is 4.42 Å². The van der Waals surface area contributed by atoms with Crippen LogP contribution in [-0.4, -0.2) is 0 Å². The molecule has 2 heteroatoms. The number of hydrogen-bond acceptors (Lipinski definition) is 2. The van der Waals surface area contributed by atoms with Crippen molar-refractivity contribution >= 4 is 86.5 Å². The molecule has 0 saturated heterocycles. The summed E-state index contributed by atoms with van der Waals surface area (Å²) in [5.41, 5.74) is 9.34. The highest BCUT2D eigenvalue weighted by atomic mass is 32.1. The fourth-order valence-corrected chi connectivity index (χ4v) is 10.1. The second kappa shape index (κ2) is 11.6. The summed E-state index contributed by atoms with van der Waals surface area (Å²) in [5.74, 6) is 0.407. The van der Waals surface area contributed by atoms with Gasteiger partial charge in [0.05, 0.1) is 0 Å². The van der Waals surface area contributed by atoms with Crippen LogP contribution >= 0.6 is 11.3 Å². The topological polar surface area (TPSA) is 13.1 Å². The number of para-hydroxylation sites is 1. The summed E-state index contributed by atoms with van der Waals surface area (Å²) >= 11 is 1.94. The molecule has 0 aliphatic carbocycles. The van der Waals surface area contributed by atoms with E-state index in [1.54, 1.807) is 0 Å². The SMILES string of the molecule is CC(C)c1sc2ccccc2c1-c1cc(-c2c3ccccc3c(-c3cccc4c3oc3ccc5ccccc5c34)c3ccccc23)cc2ccccc12. The molecule has 0 bridgehead atoms. The van der Waals surface area contributed by atoms with Gasteiger partial charge in [0, 0.05) is 42.4 Å². The van der Waals surface area contributed by atoms with Gasteiger partial charge in [0.1, 0.15) is 11.2 Å². The van der Waals surface area contributed by atoms with Gasteiger partial charge in [0.15, 0.2) is 0 Å². The lowest BCUT2D eigenvalue weighted by Gasteiger charge is -2.19. The largest absolute Gasteiger partial charge is 0.455 e. The van der Waals surface area contributed by atoms with Crippen molar-refractivity contribution in [3.63, 3.8) is 0 Å². The monoisotopic (exact) mass is 694 g/mol. The highest BCUT2D eigenvalue weighted by Gasteiger charge is 2.23. The van der Waals surface area contributed by atoms with Crippen molar-refractivity contribution in [1.29, 1.82) is 0 Å². The minimum Gasteiger partial charge on any atom is -0.455 e. The standard InChI is InChI=1S/C51H34OS/c1-30(2)51-49(40-22-11-12-25-45(40)53-51)43-29-33(28-32-15-4-5-16-34(32)43)46-36-18-7-9-20-38(36)47(39-21-10-8-19-37(39)46)41-23-13-24-42-48-35-17-6-3-14-31(35)26-27-44(48)52-50(41)42/h3-30H,1-2H3. The van der Waals surface area contributed by atoms with Crippen LogP contribution in [0.4, 0.5) is 0 Å². The number of thiophene rings is 1. The van der Waals surface area contributed by atoms with E-state index in [2.05, 4.69) is 178 Å². The molecule has 0 spiro atoms. The fraction of sp³-hybridized carbons (Fsp3) is 0.0588. The molecule has 11 rings (SSSR count). The number of furan rings is 1. The maximum Gasteiger partial charge on any atom is 0.143 e. The molecule has 250 valence electrons. The Morgan fingerprint density at radius 2 is 1.02 bits per heavy atom. The Kier molecular flexibility index (Phi) is 6.68. The zero-order valence-electron chi connectivity index (χ0n) is 29.5. The smallest absolute Gasteiger partial charge is 0.143 e. The van der Waals surface area contributed by atoms with Gasteiger partial charge in [-0.1, -0.05) is 153 Å². The zero-order chi connectivity index (χ0) is 35.2. The second-order valence-corrected chi connectivity index (χ2v) is 15.6. The Hall–Kier alpha value is -6.22. The molecule has 2 heterocycles. The normalized spacial score (nSPS) is 12.1. The lowest BCUT2D eigenvalue weighted by molar-refractivity contribution is 0.670. The van der Waals surface area contributed by atoms with E-state index in [0.717, 1.165) is 22.1 Å². The summed E-state index contributed by atoms with van der Waals surface area (Å²) in [6, 6.07) is 60.2. The average Bonchev–Trinajstić information content (AvgIpc) is 3.79. The molecule has 0 fully saturated rings. The van der Waals surface area contributed by atoms with E-state index >= 15 is 0 Å². The van der Waals surface area contributed by atoms with Crippen LogP contribution in [0.5, 0.6) is 0 Å². The molecule has 2 aromatic heterocycles. The molecule has 0 aliphatic rings. The van der Waals surface area contributed by atoms with Crippen molar-refractivity contribution in [2.45, 2.75) is 19.8 Å². The van der Waals surface area contributed by atoms with Gasteiger partial charge in [-0.15, -0.1) is 11.3 Å². The van der Waals surface area contributed by atoms with E-state index in [0.29, 0.717) is 5.92 Å². The Labute approximate surface area is 311 Å². The molecule has 0 N–H and O–H groups in total. The first-order chi connectivity index (χ1) is 26.1. The van der Waals surface area contributed by atoms with Crippen LogP contribution in [0.1, 0.15) is 24.6 Å². The van der Waals surface area contributed by atoms with Crippen molar-refractivity contribution in [3.8, 4) is 33.4 Å². The Balaban J connectivity index is 1.24. The number of hydrogen-bond donors (Lipinski definition) is 0. The summed E-state index contributed by atoms with van der Waals surface area (Å²) in [5, 5.41) is 13.6. The third-order valence-corrected chi connectivity index (χ3v) is 12.6. The maximum atomic E-state index is 6.83. The van der Waals surface area contributed by atoms with Gasteiger partial charge in [-0.05, 0) is 90.0 Å². The molecule has 0 radical (unpaired) electrons. The summed E-state index contributed by atoms with van der Waals surface area (Å²) in [4.78, 5) is 1.44. The minimum atomic E-state index is 0.407. The van der Waals surface area contributed by atoms with E-state index in [9.17, 15) is 0 Å². The highest BCUT2D eigenvalue weighted by Crippen LogP contribution is 2.50. The highest BCUT2D eigenvalue weighted by molar-refractivity contribution is 7.19. The van der Waals surface area contributed by atoms with Gasteiger partial charge >= 0.3 is 0 Å².